The summed E-state index contributed by atoms with van der Waals surface area (Å²) in [6.45, 7) is 5.59. The molecule has 1 N–H and O–H groups in total. The van der Waals surface area contributed by atoms with Gasteiger partial charge in [0.15, 0.2) is 0 Å². The number of aliphatic carboxylic acids is 1. The van der Waals surface area contributed by atoms with Crippen molar-refractivity contribution in [2.75, 3.05) is 11.4 Å². The summed E-state index contributed by atoms with van der Waals surface area (Å²) in [5.41, 5.74) is 1.57. The van der Waals surface area contributed by atoms with Crippen LogP contribution in [0.4, 0.5) is 5.69 Å². The zero-order valence-corrected chi connectivity index (χ0v) is 12.1. The van der Waals surface area contributed by atoms with Gasteiger partial charge < -0.3 is 10.0 Å². The minimum atomic E-state index is -0.929. The van der Waals surface area contributed by atoms with Crippen molar-refractivity contribution in [1.29, 1.82) is 0 Å². The molecule has 104 valence electrons. The van der Waals surface area contributed by atoms with Crippen LogP contribution >= 0.6 is 11.6 Å². The van der Waals surface area contributed by atoms with E-state index in [9.17, 15) is 9.59 Å². The van der Waals surface area contributed by atoms with Gasteiger partial charge in [-0.05, 0) is 24.6 Å². The van der Waals surface area contributed by atoms with Crippen LogP contribution in [0.2, 0.25) is 5.02 Å². The highest BCUT2D eigenvalue weighted by Crippen LogP contribution is 2.25. The van der Waals surface area contributed by atoms with Gasteiger partial charge in [-0.15, -0.1) is 0 Å². The van der Waals surface area contributed by atoms with E-state index < -0.39 is 5.97 Å². The van der Waals surface area contributed by atoms with Crippen LogP contribution in [-0.4, -0.2) is 23.5 Å². The van der Waals surface area contributed by atoms with Crippen LogP contribution in [-0.2, 0) is 9.59 Å². The molecule has 0 aliphatic carbocycles. The van der Waals surface area contributed by atoms with E-state index in [0.717, 1.165) is 5.56 Å². The molecule has 0 atom stereocenters. The van der Waals surface area contributed by atoms with Crippen molar-refractivity contribution in [2.45, 2.75) is 27.2 Å². The van der Waals surface area contributed by atoms with Crippen LogP contribution in [0.25, 0.3) is 0 Å². The Balaban J connectivity index is 3.10. The van der Waals surface area contributed by atoms with Gasteiger partial charge >= 0.3 is 5.97 Å². The van der Waals surface area contributed by atoms with Gasteiger partial charge in [-0.25, -0.2) is 0 Å². The Bertz CT molecular complexity index is 486. The first-order chi connectivity index (χ1) is 8.82. The molecular weight excluding hydrogens is 266 g/mol. The molecule has 0 fully saturated rings. The van der Waals surface area contributed by atoms with Crippen LogP contribution in [0, 0.1) is 12.8 Å². The number of aryl methyl sites for hydroxylation is 1. The predicted molar refractivity (Wildman–Crippen MR) is 75.6 cm³/mol. The lowest BCUT2D eigenvalue weighted by Gasteiger charge is -2.26. The summed E-state index contributed by atoms with van der Waals surface area (Å²) in [6, 6.07) is 5.26. The third-order valence-electron chi connectivity index (χ3n) is 2.77. The van der Waals surface area contributed by atoms with E-state index in [2.05, 4.69) is 0 Å². The lowest BCUT2D eigenvalue weighted by molar-refractivity contribution is -0.136. The molecule has 0 aliphatic rings. The summed E-state index contributed by atoms with van der Waals surface area (Å²) in [4.78, 5) is 24.4. The monoisotopic (exact) mass is 283 g/mol. The second-order valence-corrected chi connectivity index (χ2v) is 5.16. The molecule has 0 heterocycles. The average molecular weight is 284 g/mol. The Labute approximate surface area is 118 Å². The van der Waals surface area contributed by atoms with Gasteiger partial charge in [-0.2, -0.15) is 0 Å². The fraction of sp³-hybridized carbons (Fsp3) is 0.429. The number of hydrogen-bond acceptors (Lipinski definition) is 2. The van der Waals surface area contributed by atoms with Crippen molar-refractivity contribution in [3.8, 4) is 0 Å². The zero-order chi connectivity index (χ0) is 14.6. The smallest absolute Gasteiger partial charge is 0.305 e. The largest absolute Gasteiger partial charge is 0.481 e. The first kappa shape index (κ1) is 15.5. The Hall–Kier alpha value is -1.55. The first-order valence-corrected chi connectivity index (χ1v) is 6.50. The van der Waals surface area contributed by atoms with Gasteiger partial charge in [-0.1, -0.05) is 31.5 Å². The standard InChI is InChI=1S/C14H18ClNO3/c1-9(2)14(19)16(7-6-13(17)18)12-8-11(15)5-4-10(12)3/h4-5,8-9H,6-7H2,1-3H3,(H,17,18). The molecule has 19 heavy (non-hydrogen) atoms. The topological polar surface area (TPSA) is 57.6 Å². The molecule has 1 amide bonds. The number of carboxylic acid groups (broad SMARTS) is 1. The van der Waals surface area contributed by atoms with Crippen molar-refractivity contribution < 1.29 is 14.7 Å². The van der Waals surface area contributed by atoms with Crippen molar-refractivity contribution in [3.05, 3.63) is 28.8 Å². The molecule has 1 rings (SSSR count). The van der Waals surface area contributed by atoms with Gasteiger partial charge in [0.05, 0.1) is 6.42 Å². The normalized spacial score (nSPS) is 10.6. The number of rotatable bonds is 5. The summed E-state index contributed by atoms with van der Waals surface area (Å²) < 4.78 is 0. The van der Waals surface area contributed by atoms with E-state index in [1.807, 2.05) is 13.0 Å². The SMILES string of the molecule is Cc1ccc(Cl)cc1N(CCC(=O)O)C(=O)C(C)C. The van der Waals surface area contributed by atoms with Crippen LogP contribution in [0.3, 0.4) is 0 Å². The number of halogens is 1. The van der Waals surface area contributed by atoms with E-state index >= 15 is 0 Å². The third-order valence-corrected chi connectivity index (χ3v) is 3.01. The molecule has 0 aliphatic heterocycles. The summed E-state index contributed by atoms with van der Waals surface area (Å²) in [7, 11) is 0. The maximum atomic E-state index is 12.2. The summed E-state index contributed by atoms with van der Waals surface area (Å²) in [6.07, 6.45) is -0.0928. The van der Waals surface area contributed by atoms with Crippen LogP contribution in [0.5, 0.6) is 0 Å². The second-order valence-electron chi connectivity index (χ2n) is 4.72. The van der Waals surface area contributed by atoms with Gasteiger partial charge in [0.2, 0.25) is 5.91 Å². The van der Waals surface area contributed by atoms with Crippen LogP contribution in [0.15, 0.2) is 18.2 Å². The minimum Gasteiger partial charge on any atom is -0.481 e. The number of anilines is 1. The maximum Gasteiger partial charge on any atom is 0.305 e. The minimum absolute atomic E-state index is 0.0928. The zero-order valence-electron chi connectivity index (χ0n) is 11.3. The number of carbonyl (C=O) groups is 2. The number of nitrogens with zero attached hydrogens (tertiary/aromatic N) is 1. The van der Waals surface area contributed by atoms with E-state index in [4.69, 9.17) is 16.7 Å². The molecule has 0 spiro atoms. The molecule has 1 aromatic rings. The number of carboxylic acids is 1. The highest BCUT2D eigenvalue weighted by atomic mass is 35.5. The summed E-state index contributed by atoms with van der Waals surface area (Å²) >= 11 is 5.95. The van der Waals surface area contributed by atoms with Crippen molar-refractivity contribution in [3.63, 3.8) is 0 Å². The van der Waals surface area contributed by atoms with Gasteiger partial charge in [-0.3, -0.25) is 9.59 Å². The molecule has 4 nitrogen and oxygen atoms in total. The molecule has 0 saturated carbocycles. The Morgan fingerprint density at radius 2 is 2.00 bits per heavy atom. The molecule has 1 aromatic carbocycles. The first-order valence-electron chi connectivity index (χ1n) is 6.12. The quantitative estimate of drug-likeness (QED) is 0.903. The van der Waals surface area contributed by atoms with Gasteiger partial charge in [0.1, 0.15) is 0 Å². The maximum absolute atomic E-state index is 12.2. The fourth-order valence-electron chi connectivity index (χ4n) is 1.74. The fourth-order valence-corrected chi connectivity index (χ4v) is 1.91. The average Bonchev–Trinajstić information content (AvgIpc) is 2.32. The molecule has 0 bridgehead atoms. The number of carbonyl (C=O) groups excluding carboxylic acids is 1. The van der Waals surface area contributed by atoms with Crippen molar-refractivity contribution in [2.24, 2.45) is 5.92 Å². The van der Waals surface area contributed by atoms with Crippen LogP contribution < -0.4 is 4.90 Å². The van der Waals surface area contributed by atoms with E-state index in [0.29, 0.717) is 10.7 Å². The highest BCUT2D eigenvalue weighted by Gasteiger charge is 2.21. The van der Waals surface area contributed by atoms with Gasteiger partial charge in [0.25, 0.3) is 0 Å². The molecule has 0 aromatic heterocycles. The number of amides is 1. The molecule has 0 saturated heterocycles. The predicted octanol–water partition coefficient (Wildman–Crippen LogP) is 3.11. The summed E-state index contributed by atoms with van der Waals surface area (Å²) in [5.74, 6) is -1.24. The van der Waals surface area contributed by atoms with E-state index in [-0.39, 0.29) is 24.8 Å². The summed E-state index contributed by atoms with van der Waals surface area (Å²) in [5, 5.41) is 9.31. The Kier molecular flexibility index (Phi) is 5.36. The van der Waals surface area contributed by atoms with E-state index in [1.165, 1.54) is 4.90 Å². The Morgan fingerprint density at radius 1 is 1.37 bits per heavy atom. The molecular formula is C14H18ClNO3. The Morgan fingerprint density at radius 3 is 2.53 bits per heavy atom. The van der Waals surface area contributed by atoms with Crippen LogP contribution in [0.1, 0.15) is 25.8 Å². The van der Waals surface area contributed by atoms with Gasteiger partial charge in [0, 0.05) is 23.2 Å². The lowest BCUT2D eigenvalue weighted by Crippen LogP contribution is -2.36. The highest BCUT2D eigenvalue weighted by molar-refractivity contribution is 6.31. The molecule has 5 heteroatoms. The number of hydrogen-bond donors (Lipinski definition) is 1. The van der Waals surface area contributed by atoms with E-state index in [1.54, 1.807) is 26.0 Å². The number of benzene rings is 1. The molecule has 0 radical (unpaired) electrons. The molecule has 0 unspecified atom stereocenters. The second kappa shape index (κ2) is 6.57. The third kappa shape index (κ3) is 4.24. The lowest BCUT2D eigenvalue weighted by atomic mass is 10.1. The van der Waals surface area contributed by atoms with Crippen molar-refractivity contribution in [1.82, 2.24) is 0 Å². The van der Waals surface area contributed by atoms with Crippen molar-refractivity contribution >= 4 is 29.2 Å².